The predicted molar refractivity (Wildman–Crippen MR) is 156 cm³/mol. The molecule has 5 aromatic rings. The topological polar surface area (TPSA) is 109 Å². The summed E-state index contributed by atoms with van der Waals surface area (Å²) < 4.78 is 36.1. The molecule has 0 saturated heterocycles. The summed E-state index contributed by atoms with van der Waals surface area (Å²) in [6, 6.07) is 14.9. The zero-order valence-electron chi connectivity index (χ0n) is 21.3. The van der Waals surface area contributed by atoms with Gasteiger partial charge in [0.2, 0.25) is 10.0 Å². The number of hydrogen-bond donors (Lipinski definition) is 1. The summed E-state index contributed by atoms with van der Waals surface area (Å²) in [5, 5.41) is 6.55. The van der Waals surface area contributed by atoms with Gasteiger partial charge in [0, 0.05) is 18.1 Å². The van der Waals surface area contributed by atoms with Gasteiger partial charge in [-0.3, -0.25) is 9.20 Å². The van der Waals surface area contributed by atoms with E-state index in [-0.39, 0.29) is 18.0 Å². The zero-order valence-corrected chi connectivity index (χ0v) is 24.5. The minimum Gasteiger partial charge on any atom is -0.459 e. The zero-order chi connectivity index (χ0) is 28.4. The fourth-order valence-electron chi connectivity index (χ4n) is 4.02. The molecule has 0 saturated carbocycles. The van der Waals surface area contributed by atoms with Gasteiger partial charge in [-0.25, -0.2) is 18.8 Å². The van der Waals surface area contributed by atoms with E-state index in [0.29, 0.717) is 43.5 Å². The molecular formula is C27H23Cl2N5O4S2. The van der Waals surface area contributed by atoms with Crippen molar-refractivity contribution in [3.05, 3.63) is 110 Å². The summed E-state index contributed by atoms with van der Waals surface area (Å²) in [5.74, 6) is 0.307. The molecule has 40 heavy (non-hydrogen) atoms. The summed E-state index contributed by atoms with van der Waals surface area (Å²) >= 11 is 13.7. The number of halogens is 2. The summed E-state index contributed by atoms with van der Waals surface area (Å²) in [6.45, 7) is 3.63. The molecule has 3 aromatic heterocycles. The number of rotatable bonds is 9. The lowest BCUT2D eigenvalue weighted by molar-refractivity contribution is 0.0948. The van der Waals surface area contributed by atoms with Crippen LogP contribution in [0.4, 0.5) is 0 Å². The van der Waals surface area contributed by atoms with Gasteiger partial charge in [0.25, 0.3) is 5.91 Å². The molecule has 0 spiro atoms. The van der Waals surface area contributed by atoms with E-state index < -0.39 is 15.9 Å². The SMILES string of the molecule is Cc1ccc(S(=O)(=O)N(Cc2ccc(Cl)c(Cl)c2)Cc2ccc(/C=N/NC(=O)c3c(C)nc4sccn34)o2)cc1. The van der Waals surface area contributed by atoms with Crippen molar-refractivity contribution in [2.45, 2.75) is 31.8 Å². The molecule has 0 bridgehead atoms. The molecule has 0 aliphatic carbocycles. The minimum atomic E-state index is -3.90. The largest absolute Gasteiger partial charge is 0.459 e. The molecule has 0 atom stereocenters. The highest BCUT2D eigenvalue weighted by Crippen LogP contribution is 2.26. The lowest BCUT2D eigenvalue weighted by atomic mass is 10.2. The van der Waals surface area contributed by atoms with Crippen LogP contribution in [0, 0.1) is 13.8 Å². The minimum absolute atomic E-state index is 0.0367. The van der Waals surface area contributed by atoms with E-state index in [4.69, 9.17) is 27.6 Å². The molecule has 3 heterocycles. The van der Waals surface area contributed by atoms with Gasteiger partial charge in [-0.05, 0) is 55.8 Å². The second kappa shape index (κ2) is 11.6. The maximum atomic E-state index is 13.6. The number of thiazole rings is 1. The Morgan fingerprint density at radius 1 is 1.10 bits per heavy atom. The van der Waals surface area contributed by atoms with Crippen LogP contribution in [0.2, 0.25) is 10.0 Å². The normalized spacial score (nSPS) is 12.1. The van der Waals surface area contributed by atoms with Crippen LogP contribution < -0.4 is 5.43 Å². The first-order valence-corrected chi connectivity index (χ1v) is 15.0. The number of nitrogens with zero attached hydrogens (tertiary/aromatic N) is 4. The molecule has 0 fully saturated rings. The first-order chi connectivity index (χ1) is 19.1. The van der Waals surface area contributed by atoms with Crippen molar-refractivity contribution in [1.29, 1.82) is 0 Å². The number of aromatic nitrogens is 2. The number of furan rings is 1. The number of nitrogens with one attached hydrogen (secondary N) is 1. The number of amides is 1. The Morgan fingerprint density at radius 2 is 1.88 bits per heavy atom. The van der Waals surface area contributed by atoms with Gasteiger partial charge in [0.15, 0.2) is 4.96 Å². The van der Waals surface area contributed by atoms with Crippen molar-refractivity contribution in [3.8, 4) is 0 Å². The van der Waals surface area contributed by atoms with E-state index in [1.54, 1.807) is 72.1 Å². The van der Waals surface area contributed by atoms with Crippen LogP contribution in [0.1, 0.15) is 38.8 Å². The summed E-state index contributed by atoms with van der Waals surface area (Å²) in [4.78, 5) is 17.9. The predicted octanol–water partition coefficient (Wildman–Crippen LogP) is 6.07. The van der Waals surface area contributed by atoms with Gasteiger partial charge in [0.1, 0.15) is 17.2 Å². The van der Waals surface area contributed by atoms with Crippen molar-refractivity contribution in [1.82, 2.24) is 19.1 Å². The molecule has 1 N–H and O–H groups in total. The fraction of sp³-hybridized carbons (Fsp3) is 0.148. The van der Waals surface area contributed by atoms with Gasteiger partial charge in [-0.15, -0.1) is 11.3 Å². The molecule has 0 aliphatic rings. The Labute approximate surface area is 244 Å². The first kappa shape index (κ1) is 28.1. The maximum Gasteiger partial charge on any atom is 0.290 e. The Balaban J connectivity index is 1.34. The Kier molecular flexibility index (Phi) is 8.11. The monoisotopic (exact) mass is 615 g/mol. The van der Waals surface area contributed by atoms with E-state index >= 15 is 0 Å². The van der Waals surface area contributed by atoms with Gasteiger partial charge in [-0.2, -0.15) is 9.41 Å². The summed E-state index contributed by atoms with van der Waals surface area (Å²) in [6.07, 6.45) is 3.12. The fourth-order valence-corrected chi connectivity index (χ4v) is 6.50. The van der Waals surface area contributed by atoms with Crippen molar-refractivity contribution in [2.75, 3.05) is 0 Å². The van der Waals surface area contributed by atoms with Gasteiger partial charge in [-0.1, -0.05) is 47.0 Å². The maximum absolute atomic E-state index is 13.6. The number of hydrazone groups is 1. The van der Waals surface area contributed by atoms with E-state index in [1.165, 1.54) is 21.9 Å². The summed E-state index contributed by atoms with van der Waals surface area (Å²) in [5.41, 5.74) is 5.08. The van der Waals surface area contributed by atoms with Crippen molar-refractivity contribution >= 4 is 61.6 Å². The summed E-state index contributed by atoms with van der Waals surface area (Å²) in [7, 11) is -3.90. The first-order valence-electron chi connectivity index (χ1n) is 12.0. The molecule has 2 aromatic carbocycles. The van der Waals surface area contributed by atoms with Crippen molar-refractivity contribution < 1.29 is 17.6 Å². The number of imidazole rings is 1. The van der Waals surface area contributed by atoms with E-state index in [9.17, 15) is 13.2 Å². The quantitative estimate of drug-likeness (QED) is 0.160. The third-order valence-corrected chi connectivity index (χ3v) is 9.33. The smallest absolute Gasteiger partial charge is 0.290 e. The van der Waals surface area contributed by atoms with Gasteiger partial charge in [0.05, 0.1) is 33.4 Å². The van der Waals surface area contributed by atoms with Crippen molar-refractivity contribution in [2.24, 2.45) is 5.10 Å². The van der Waals surface area contributed by atoms with Gasteiger partial charge < -0.3 is 4.42 Å². The molecule has 0 unspecified atom stereocenters. The Morgan fingerprint density at radius 3 is 2.62 bits per heavy atom. The number of carbonyl (C=O) groups excluding carboxylic acids is 1. The highest BCUT2D eigenvalue weighted by atomic mass is 35.5. The Bertz CT molecular complexity index is 1830. The third-order valence-electron chi connectivity index (χ3n) is 6.03. The van der Waals surface area contributed by atoms with Crippen LogP contribution in [0.15, 0.2) is 80.6 Å². The average Bonchev–Trinajstić information content (AvgIpc) is 3.62. The number of fused-ring (bicyclic) bond motifs is 1. The van der Waals surface area contributed by atoms with E-state index in [1.807, 2.05) is 12.3 Å². The lowest BCUT2D eigenvalue weighted by Gasteiger charge is -2.22. The van der Waals surface area contributed by atoms with Crippen LogP contribution in [-0.2, 0) is 23.1 Å². The van der Waals surface area contributed by atoms with Crippen LogP contribution in [0.3, 0.4) is 0 Å². The lowest BCUT2D eigenvalue weighted by Crippen LogP contribution is -2.30. The molecule has 206 valence electrons. The molecule has 13 heteroatoms. The molecule has 1 amide bonds. The molecule has 0 radical (unpaired) electrons. The highest BCUT2D eigenvalue weighted by Gasteiger charge is 2.26. The molecular weight excluding hydrogens is 593 g/mol. The molecule has 5 rings (SSSR count). The standard InChI is InChI=1S/C27H23Cl2N5O4S2/c1-17-3-8-22(9-4-17)40(36,37)33(15-19-5-10-23(28)24(29)13-19)16-21-7-6-20(38-21)14-30-32-26(35)25-18(2)31-27-34(25)11-12-39-27/h3-14H,15-16H2,1-2H3,(H,32,35)/b30-14+. The number of carbonyl (C=O) groups is 1. The van der Waals surface area contributed by atoms with E-state index in [2.05, 4.69) is 15.5 Å². The number of hydrogen-bond acceptors (Lipinski definition) is 7. The second-order valence-corrected chi connectivity index (χ2v) is 12.6. The number of benzene rings is 2. The third kappa shape index (κ3) is 5.98. The Hall–Kier alpha value is -3.48. The highest BCUT2D eigenvalue weighted by molar-refractivity contribution is 7.89. The van der Waals surface area contributed by atoms with Crippen LogP contribution >= 0.6 is 34.5 Å². The molecule has 9 nitrogen and oxygen atoms in total. The number of sulfonamides is 1. The van der Waals surface area contributed by atoms with Crippen molar-refractivity contribution in [3.63, 3.8) is 0 Å². The van der Waals surface area contributed by atoms with Crippen LogP contribution in [0.25, 0.3) is 4.96 Å². The molecule has 0 aliphatic heterocycles. The van der Waals surface area contributed by atoms with Crippen LogP contribution in [0.5, 0.6) is 0 Å². The number of aryl methyl sites for hydroxylation is 2. The van der Waals surface area contributed by atoms with Gasteiger partial charge >= 0.3 is 0 Å². The second-order valence-electron chi connectivity index (χ2n) is 8.94. The average molecular weight is 617 g/mol. The van der Waals surface area contributed by atoms with E-state index in [0.717, 1.165) is 5.56 Å². The van der Waals surface area contributed by atoms with Crippen LogP contribution in [-0.4, -0.2) is 34.2 Å².